The second kappa shape index (κ2) is 2.23. The molecular formula is C7H12N2O. The molecule has 2 saturated heterocycles. The first-order chi connectivity index (χ1) is 4.90. The van der Waals surface area contributed by atoms with Crippen LogP contribution in [0.25, 0.3) is 0 Å². The molecule has 2 heterocycles. The number of fused-ring (bicyclic) bond motifs is 3. The fraction of sp³-hybridized carbons (Fsp3) is 0.857. The lowest BCUT2D eigenvalue weighted by Crippen LogP contribution is -2.50. The molecule has 2 bridgehead atoms. The summed E-state index contributed by atoms with van der Waals surface area (Å²) in [5.74, 6) is 0.732. The molecule has 3 rings (SSSR count). The summed E-state index contributed by atoms with van der Waals surface area (Å²) in [6, 6.07) is 0.384. The average Bonchev–Trinajstić information content (AvgIpc) is 2.06. The van der Waals surface area contributed by atoms with Crippen LogP contribution in [0.5, 0.6) is 0 Å². The Morgan fingerprint density at radius 2 is 2.40 bits per heavy atom. The van der Waals surface area contributed by atoms with Crippen molar-refractivity contribution in [2.75, 3.05) is 6.54 Å². The van der Waals surface area contributed by atoms with E-state index in [4.69, 9.17) is 5.21 Å². The summed E-state index contributed by atoms with van der Waals surface area (Å²) < 4.78 is 0. The molecule has 56 valence electrons. The van der Waals surface area contributed by atoms with E-state index in [-0.39, 0.29) is 0 Å². The van der Waals surface area contributed by atoms with E-state index in [1.807, 2.05) is 0 Å². The van der Waals surface area contributed by atoms with Gasteiger partial charge in [0.15, 0.2) is 0 Å². The standard InChI is InChI=1S/C7H12N2O/c10-9-7-3-5-1-2-6(7)8-4-5/h5-6,8,10H,1-4H2/b9-7-. The van der Waals surface area contributed by atoms with Crippen molar-refractivity contribution in [3.05, 3.63) is 0 Å². The van der Waals surface area contributed by atoms with Crippen molar-refractivity contribution in [1.29, 1.82) is 0 Å². The molecule has 10 heavy (non-hydrogen) atoms. The molecule has 3 fully saturated rings. The van der Waals surface area contributed by atoms with Gasteiger partial charge in [-0.05, 0) is 31.7 Å². The van der Waals surface area contributed by atoms with Gasteiger partial charge in [0.25, 0.3) is 0 Å². The summed E-state index contributed by atoms with van der Waals surface area (Å²) in [5, 5.41) is 15.2. The van der Waals surface area contributed by atoms with Crippen molar-refractivity contribution >= 4 is 5.71 Å². The summed E-state index contributed by atoms with van der Waals surface area (Å²) in [7, 11) is 0. The van der Waals surface area contributed by atoms with Crippen molar-refractivity contribution in [3.63, 3.8) is 0 Å². The highest BCUT2D eigenvalue weighted by molar-refractivity contribution is 5.90. The van der Waals surface area contributed by atoms with E-state index in [1.54, 1.807) is 0 Å². The first-order valence-electron chi connectivity index (χ1n) is 3.84. The van der Waals surface area contributed by atoms with Crippen molar-refractivity contribution in [2.24, 2.45) is 11.1 Å². The van der Waals surface area contributed by atoms with Crippen LogP contribution in [0.2, 0.25) is 0 Å². The van der Waals surface area contributed by atoms with Crippen LogP contribution in [0.1, 0.15) is 19.3 Å². The Kier molecular flexibility index (Phi) is 1.38. The SMILES string of the molecule is O/N=C1/CC2CCC1NC2. The zero-order valence-electron chi connectivity index (χ0n) is 5.88. The van der Waals surface area contributed by atoms with Crippen LogP contribution in [0.4, 0.5) is 0 Å². The zero-order valence-corrected chi connectivity index (χ0v) is 5.88. The van der Waals surface area contributed by atoms with Crippen LogP contribution in [0.3, 0.4) is 0 Å². The third kappa shape index (κ3) is 0.814. The van der Waals surface area contributed by atoms with E-state index in [1.165, 1.54) is 6.42 Å². The van der Waals surface area contributed by atoms with Crippen LogP contribution in [-0.4, -0.2) is 23.5 Å². The van der Waals surface area contributed by atoms with Gasteiger partial charge in [0.05, 0.1) is 5.71 Å². The summed E-state index contributed by atoms with van der Waals surface area (Å²) in [6.07, 6.45) is 3.47. The molecule has 2 aliphatic heterocycles. The minimum absolute atomic E-state index is 0.384. The largest absolute Gasteiger partial charge is 0.411 e. The fourth-order valence-corrected chi connectivity index (χ4v) is 1.92. The number of hydrogen-bond donors (Lipinski definition) is 2. The van der Waals surface area contributed by atoms with Crippen LogP contribution in [0.15, 0.2) is 5.16 Å². The van der Waals surface area contributed by atoms with Gasteiger partial charge < -0.3 is 10.5 Å². The van der Waals surface area contributed by atoms with Crippen LogP contribution in [0, 0.1) is 5.92 Å². The molecule has 0 aromatic rings. The van der Waals surface area contributed by atoms with Crippen molar-refractivity contribution in [1.82, 2.24) is 5.32 Å². The van der Waals surface area contributed by atoms with Crippen molar-refractivity contribution < 1.29 is 5.21 Å². The molecule has 0 spiro atoms. The lowest BCUT2D eigenvalue weighted by Gasteiger charge is -2.37. The van der Waals surface area contributed by atoms with Gasteiger partial charge in [0.2, 0.25) is 0 Å². The summed E-state index contributed by atoms with van der Waals surface area (Å²) >= 11 is 0. The van der Waals surface area contributed by atoms with E-state index >= 15 is 0 Å². The molecule has 2 N–H and O–H groups in total. The molecule has 2 atom stereocenters. The highest BCUT2D eigenvalue weighted by Gasteiger charge is 2.32. The highest BCUT2D eigenvalue weighted by atomic mass is 16.4. The Labute approximate surface area is 60.1 Å². The van der Waals surface area contributed by atoms with Gasteiger partial charge in [0.1, 0.15) is 0 Å². The van der Waals surface area contributed by atoms with Crippen LogP contribution < -0.4 is 5.32 Å². The minimum Gasteiger partial charge on any atom is -0.411 e. The van der Waals surface area contributed by atoms with Gasteiger partial charge in [0, 0.05) is 6.04 Å². The van der Waals surface area contributed by atoms with Crippen molar-refractivity contribution in [2.45, 2.75) is 25.3 Å². The van der Waals surface area contributed by atoms with Gasteiger partial charge >= 0.3 is 0 Å². The summed E-state index contributed by atoms with van der Waals surface area (Å²) in [5.41, 5.74) is 0.961. The van der Waals surface area contributed by atoms with E-state index in [9.17, 15) is 0 Å². The minimum atomic E-state index is 0.384. The topological polar surface area (TPSA) is 44.6 Å². The number of nitrogens with one attached hydrogen (secondary N) is 1. The maximum absolute atomic E-state index is 8.56. The average molecular weight is 140 g/mol. The smallest absolute Gasteiger partial charge is 0.0743 e. The van der Waals surface area contributed by atoms with Gasteiger partial charge in [-0.1, -0.05) is 5.16 Å². The molecule has 0 aromatic heterocycles. The molecule has 3 nitrogen and oxygen atoms in total. The van der Waals surface area contributed by atoms with E-state index < -0.39 is 0 Å². The third-order valence-electron chi connectivity index (χ3n) is 2.55. The molecule has 3 heteroatoms. The van der Waals surface area contributed by atoms with E-state index in [2.05, 4.69) is 10.5 Å². The second-order valence-corrected chi connectivity index (χ2v) is 3.20. The predicted octanol–water partition coefficient (Wildman–Crippen LogP) is 0.588. The Morgan fingerprint density at radius 1 is 1.50 bits per heavy atom. The van der Waals surface area contributed by atoms with Gasteiger partial charge in [-0.15, -0.1) is 0 Å². The Morgan fingerprint density at radius 3 is 2.70 bits per heavy atom. The maximum Gasteiger partial charge on any atom is 0.0743 e. The predicted molar refractivity (Wildman–Crippen MR) is 38.4 cm³/mol. The first kappa shape index (κ1) is 6.16. The van der Waals surface area contributed by atoms with Gasteiger partial charge in [-0.2, -0.15) is 0 Å². The number of hydrogen-bond acceptors (Lipinski definition) is 3. The first-order valence-corrected chi connectivity index (χ1v) is 3.84. The normalized spacial score (nSPS) is 42.6. The number of rotatable bonds is 0. The number of oxime groups is 1. The Hall–Kier alpha value is -0.570. The highest BCUT2D eigenvalue weighted by Crippen LogP contribution is 2.26. The Bertz CT molecular complexity index is 159. The van der Waals surface area contributed by atoms with Crippen molar-refractivity contribution in [3.8, 4) is 0 Å². The molecular weight excluding hydrogens is 128 g/mol. The third-order valence-corrected chi connectivity index (χ3v) is 2.55. The second-order valence-electron chi connectivity index (χ2n) is 3.20. The molecule has 2 unspecified atom stereocenters. The van der Waals surface area contributed by atoms with Crippen LogP contribution >= 0.6 is 0 Å². The zero-order chi connectivity index (χ0) is 6.97. The molecule has 0 aromatic carbocycles. The summed E-state index contributed by atoms with van der Waals surface area (Å²) in [6.45, 7) is 1.11. The molecule has 1 aliphatic carbocycles. The lowest BCUT2D eigenvalue weighted by atomic mass is 9.80. The van der Waals surface area contributed by atoms with Gasteiger partial charge in [-0.3, -0.25) is 0 Å². The monoisotopic (exact) mass is 140 g/mol. The fourth-order valence-electron chi connectivity index (χ4n) is 1.92. The molecule has 3 aliphatic rings. The van der Waals surface area contributed by atoms with E-state index in [0.717, 1.165) is 31.0 Å². The summed E-state index contributed by atoms with van der Waals surface area (Å²) in [4.78, 5) is 0. The lowest BCUT2D eigenvalue weighted by molar-refractivity contribution is 0.278. The number of piperidine rings is 2. The van der Waals surface area contributed by atoms with Crippen LogP contribution in [-0.2, 0) is 0 Å². The quantitative estimate of drug-likeness (QED) is 0.382. The molecule has 0 amide bonds. The van der Waals surface area contributed by atoms with E-state index in [0.29, 0.717) is 6.04 Å². The number of nitrogens with zero attached hydrogens (tertiary/aromatic N) is 1. The molecule has 0 radical (unpaired) electrons. The molecule has 1 saturated carbocycles. The Balaban J connectivity index is 2.15. The maximum atomic E-state index is 8.56. The van der Waals surface area contributed by atoms with Gasteiger partial charge in [-0.25, -0.2) is 0 Å².